The third-order valence-corrected chi connectivity index (χ3v) is 3.08. The number of aromatic nitrogens is 2. The van der Waals surface area contributed by atoms with Crippen molar-refractivity contribution >= 4 is 17.4 Å². The highest BCUT2D eigenvalue weighted by atomic mass is 35.5. The summed E-state index contributed by atoms with van der Waals surface area (Å²) in [6.45, 7) is 5.02. The van der Waals surface area contributed by atoms with Gasteiger partial charge >= 0.3 is 0 Å². The van der Waals surface area contributed by atoms with Crippen LogP contribution >= 0.6 is 11.6 Å². The maximum atomic E-state index is 8.89. The molecule has 1 atom stereocenters. The molecule has 1 heterocycles. The first-order chi connectivity index (χ1) is 7.69. The van der Waals surface area contributed by atoms with E-state index >= 15 is 0 Å². The zero-order valence-corrected chi connectivity index (χ0v) is 10.5. The minimum absolute atomic E-state index is 0.226. The fourth-order valence-electron chi connectivity index (χ4n) is 1.48. The highest BCUT2D eigenvalue weighted by Gasteiger charge is 2.08. The SMILES string of the molecule is CCC(CCO)CNc1ncnc(Cl)c1C. The van der Waals surface area contributed by atoms with Gasteiger partial charge in [-0.3, -0.25) is 0 Å². The molecule has 90 valence electrons. The van der Waals surface area contributed by atoms with Crippen LogP contribution in [0.25, 0.3) is 0 Å². The molecule has 0 saturated carbocycles. The van der Waals surface area contributed by atoms with E-state index in [1.807, 2.05) is 6.92 Å². The molecular weight excluding hydrogens is 226 g/mol. The second-order valence-corrected chi connectivity index (χ2v) is 4.16. The predicted octanol–water partition coefficient (Wildman–Crippen LogP) is 2.26. The molecule has 16 heavy (non-hydrogen) atoms. The van der Waals surface area contributed by atoms with E-state index in [1.54, 1.807) is 0 Å². The molecule has 2 N–H and O–H groups in total. The van der Waals surface area contributed by atoms with Gasteiger partial charge < -0.3 is 10.4 Å². The van der Waals surface area contributed by atoms with Crippen molar-refractivity contribution in [1.29, 1.82) is 0 Å². The van der Waals surface area contributed by atoms with Gasteiger partial charge in [-0.15, -0.1) is 0 Å². The van der Waals surface area contributed by atoms with Crippen LogP contribution in [0.1, 0.15) is 25.3 Å². The van der Waals surface area contributed by atoms with Crippen LogP contribution < -0.4 is 5.32 Å². The van der Waals surface area contributed by atoms with Crippen molar-refractivity contribution in [3.8, 4) is 0 Å². The number of aliphatic hydroxyl groups excluding tert-OH is 1. The van der Waals surface area contributed by atoms with E-state index in [1.165, 1.54) is 6.33 Å². The van der Waals surface area contributed by atoms with Crippen molar-refractivity contribution < 1.29 is 5.11 Å². The fourth-order valence-corrected chi connectivity index (χ4v) is 1.61. The van der Waals surface area contributed by atoms with Crippen molar-refractivity contribution in [1.82, 2.24) is 9.97 Å². The third kappa shape index (κ3) is 3.61. The molecule has 4 nitrogen and oxygen atoms in total. The number of anilines is 1. The van der Waals surface area contributed by atoms with E-state index < -0.39 is 0 Å². The summed E-state index contributed by atoms with van der Waals surface area (Å²) >= 11 is 5.89. The molecule has 0 spiro atoms. The molecule has 1 rings (SSSR count). The summed E-state index contributed by atoms with van der Waals surface area (Å²) in [6, 6.07) is 0. The quantitative estimate of drug-likeness (QED) is 0.753. The van der Waals surface area contributed by atoms with Gasteiger partial charge in [-0.2, -0.15) is 0 Å². The summed E-state index contributed by atoms with van der Waals surface area (Å²) < 4.78 is 0. The largest absolute Gasteiger partial charge is 0.396 e. The zero-order chi connectivity index (χ0) is 12.0. The van der Waals surface area contributed by atoms with Gasteiger partial charge in [0.2, 0.25) is 0 Å². The van der Waals surface area contributed by atoms with E-state index in [9.17, 15) is 0 Å². The van der Waals surface area contributed by atoms with Gasteiger partial charge in [0.15, 0.2) is 0 Å². The van der Waals surface area contributed by atoms with E-state index in [-0.39, 0.29) is 6.61 Å². The van der Waals surface area contributed by atoms with Crippen LogP contribution in [0.3, 0.4) is 0 Å². The Bertz CT molecular complexity index is 333. The summed E-state index contributed by atoms with van der Waals surface area (Å²) in [7, 11) is 0. The maximum absolute atomic E-state index is 8.89. The minimum Gasteiger partial charge on any atom is -0.396 e. The molecule has 5 heteroatoms. The Morgan fingerprint density at radius 1 is 1.50 bits per heavy atom. The number of nitrogens with zero attached hydrogens (tertiary/aromatic N) is 2. The summed E-state index contributed by atoms with van der Waals surface area (Å²) in [5.74, 6) is 1.23. The minimum atomic E-state index is 0.226. The molecule has 0 aromatic carbocycles. The standard InChI is InChI=1S/C11H18ClN3O/c1-3-9(4-5-16)6-13-11-8(2)10(12)14-7-15-11/h7,9,16H,3-6H2,1-2H3,(H,13,14,15). The lowest BCUT2D eigenvalue weighted by molar-refractivity contribution is 0.258. The van der Waals surface area contributed by atoms with Crippen molar-refractivity contribution in [3.63, 3.8) is 0 Å². The topological polar surface area (TPSA) is 58.0 Å². The maximum Gasteiger partial charge on any atom is 0.137 e. The van der Waals surface area contributed by atoms with Crippen LogP contribution in [0, 0.1) is 12.8 Å². The van der Waals surface area contributed by atoms with Gasteiger partial charge in [0.25, 0.3) is 0 Å². The van der Waals surface area contributed by atoms with Gasteiger partial charge in [0.1, 0.15) is 17.3 Å². The number of hydrogen-bond acceptors (Lipinski definition) is 4. The second-order valence-electron chi connectivity index (χ2n) is 3.81. The predicted molar refractivity (Wildman–Crippen MR) is 65.8 cm³/mol. The lowest BCUT2D eigenvalue weighted by Crippen LogP contribution is -2.16. The zero-order valence-electron chi connectivity index (χ0n) is 9.70. The van der Waals surface area contributed by atoms with Crippen molar-refractivity contribution in [2.75, 3.05) is 18.5 Å². The van der Waals surface area contributed by atoms with Gasteiger partial charge in [-0.25, -0.2) is 9.97 Å². The molecule has 1 aromatic heterocycles. The monoisotopic (exact) mass is 243 g/mol. The smallest absolute Gasteiger partial charge is 0.137 e. The van der Waals surface area contributed by atoms with Crippen molar-refractivity contribution in [2.45, 2.75) is 26.7 Å². The highest BCUT2D eigenvalue weighted by molar-refractivity contribution is 6.30. The van der Waals surface area contributed by atoms with E-state index in [4.69, 9.17) is 16.7 Å². The van der Waals surface area contributed by atoms with Crippen LogP contribution in [0.5, 0.6) is 0 Å². The van der Waals surface area contributed by atoms with Crippen LogP contribution in [0.15, 0.2) is 6.33 Å². The summed E-state index contributed by atoms with van der Waals surface area (Å²) in [6.07, 6.45) is 3.29. The number of aliphatic hydroxyl groups is 1. The first kappa shape index (κ1) is 13.2. The Balaban J connectivity index is 2.56. The molecule has 1 unspecified atom stereocenters. The normalized spacial score (nSPS) is 12.5. The van der Waals surface area contributed by atoms with Crippen molar-refractivity contribution in [2.24, 2.45) is 5.92 Å². The number of rotatable bonds is 6. The van der Waals surface area contributed by atoms with Crippen molar-refractivity contribution in [3.05, 3.63) is 17.0 Å². The Hall–Kier alpha value is -0.870. The summed E-state index contributed by atoms with van der Waals surface area (Å²) in [5.41, 5.74) is 0.864. The Morgan fingerprint density at radius 2 is 2.25 bits per heavy atom. The van der Waals surface area contributed by atoms with Crippen LogP contribution in [0.2, 0.25) is 5.15 Å². The molecule has 0 bridgehead atoms. The molecule has 1 aromatic rings. The third-order valence-electron chi connectivity index (χ3n) is 2.70. The second kappa shape index (κ2) is 6.66. The van der Waals surface area contributed by atoms with E-state index in [2.05, 4.69) is 22.2 Å². The highest BCUT2D eigenvalue weighted by Crippen LogP contribution is 2.18. The van der Waals surface area contributed by atoms with Crippen LogP contribution in [0.4, 0.5) is 5.82 Å². The molecule has 0 radical (unpaired) electrons. The Labute approximate surface area is 101 Å². The molecule has 0 aliphatic carbocycles. The van der Waals surface area contributed by atoms with Gasteiger partial charge in [0.05, 0.1) is 0 Å². The summed E-state index contributed by atoms with van der Waals surface area (Å²) in [5, 5.41) is 12.6. The molecule has 0 fully saturated rings. The first-order valence-electron chi connectivity index (χ1n) is 5.50. The molecule has 0 aliphatic heterocycles. The number of hydrogen-bond donors (Lipinski definition) is 2. The molecular formula is C11H18ClN3O. The number of nitrogens with one attached hydrogen (secondary N) is 1. The van der Waals surface area contributed by atoms with Gasteiger partial charge in [0, 0.05) is 18.7 Å². The van der Waals surface area contributed by atoms with Crippen LogP contribution in [-0.2, 0) is 0 Å². The molecule has 0 amide bonds. The number of halogens is 1. The summed E-state index contributed by atoms with van der Waals surface area (Å²) in [4.78, 5) is 8.03. The Morgan fingerprint density at radius 3 is 2.88 bits per heavy atom. The molecule has 0 saturated heterocycles. The van der Waals surface area contributed by atoms with E-state index in [0.717, 1.165) is 30.8 Å². The lowest BCUT2D eigenvalue weighted by Gasteiger charge is -2.15. The average molecular weight is 244 g/mol. The van der Waals surface area contributed by atoms with Crippen LogP contribution in [-0.4, -0.2) is 28.2 Å². The fraction of sp³-hybridized carbons (Fsp3) is 0.636. The molecule has 0 aliphatic rings. The van der Waals surface area contributed by atoms with Gasteiger partial charge in [-0.1, -0.05) is 24.9 Å². The average Bonchev–Trinajstić information content (AvgIpc) is 2.29. The first-order valence-corrected chi connectivity index (χ1v) is 5.88. The lowest BCUT2D eigenvalue weighted by atomic mass is 10.0. The van der Waals surface area contributed by atoms with Gasteiger partial charge in [-0.05, 0) is 19.3 Å². The Kier molecular flexibility index (Phi) is 5.49. The van der Waals surface area contributed by atoms with E-state index in [0.29, 0.717) is 11.1 Å².